The molecule has 0 aromatic carbocycles. The van der Waals surface area contributed by atoms with Gasteiger partial charge in [-0.1, -0.05) is 34.8 Å². The molecule has 0 spiro atoms. The van der Waals surface area contributed by atoms with Crippen molar-refractivity contribution in [3.05, 3.63) is 11.1 Å². The lowest BCUT2D eigenvalue weighted by atomic mass is 10.6. The van der Waals surface area contributed by atoms with Gasteiger partial charge in [0.2, 0.25) is 15.0 Å². The molecule has 0 radical (unpaired) electrons. The Morgan fingerprint density at radius 2 is 1.64 bits per heavy atom. The van der Waals surface area contributed by atoms with Gasteiger partial charge in [-0.05, 0) is 11.6 Å². The smallest absolute Gasteiger partial charge is 0.250 e. The summed E-state index contributed by atoms with van der Waals surface area (Å²) in [5.74, 6) is 0.345. The maximum Gasteiger partial charge on any atom is 0.250 e. The number of rotatable bonds is 1. The summed E-state index contributed by atoms with van der Waals surface area (Å²) >= 11 is 22.5. The van der Waals surface area contributed by atoms with Crippen LogP contribution >= 0.6 is 46.4 Å². The van der Waals surface area contributed by atoms with E-state index in [2.05, 4.69) is 15.0 Å². The van der Waals surface area contributed by atoms with Gasteiger partial charge in [-0.2, -0.15) is 15.0 Å². The highest BCUT2D eigenvalue weighted by molar-refractivity contribution is 6.66. The molecule has 1 aromatic heterocycles. The molecule has 4 nitrogen and oxygen atoms in total. The summed E-state index contributed by atoms with van der Waals surface area (Å²) in [5.41, 5.74) is 0. The molecule has 14 heavy (non-hydrogen) atoms. The Morgan fingerprint density at radius 1 is 1.07 bits per heavy atom. The van der Waals surface area contributed by atoms with Crippen molar-refractivity contribution < 1.29 is 0 Å². The van der Waals surface area contributed by atoms with Gasteiger partial charge in [0.25, 0.3) is 0 Å². The fourth-order valence-electron chi connectivity index (χ4n) is 0.666. The molecule has 78 valence electrons. The standard InChI is InChI=1S/C6H6Cl4N4/c1-14(2)5-12-3(6(8,9)10)11-4(7)13-5/h1-2H3. The first kappa shape index (κ1) is 12.0. The van der Waals surface area contributed by atoms with E-state index in [1.54, 1.807) is 19.0 Å². The maximum atomic E-state index is 5.64. The summed E-state index contributed by atoms with van der Waals surface area (Å²) in [5, 5.41) is -0.00924. The largest absolute Gasteiger partial charge is 0.347 e. The molecular formula is C6H6Cl4N4. The van der Waals surface area contributed by atoms with Gasteiger partial charge in [0.05, 0.1) is 0 Å². The fraction of sp³-hybridized carbons (Fsp3) is 0.500. The molecule has 0 unspecified atom stereocenters. The average Bonchev–Trinajstić information content (AvgIpc) is 2.01. The van der Waals surface area contributed by atoms with Crippen LogP contribution in [-0.2, 0) is 3.79 Å². The molecule has 8 heteroatoms. The van der Waals surface area contributed by atoms with Gasteiger partial charge in [0.1, 0.15) is 0 Å². The predicted octanol–water partition coefficient (Wildman–Crippen LogP) is 2.42. The molecule has 0 bridgehead atoms. The molecule has 0 saturated heterocycles. The lowest BCUT2D eigenvalue weighted by molar-refractivity contribution is 0.881. The highest BCUT2D eigenvalue weighted by Crippen LogP contribution is 2.36. The molecule has 0 amide bonds. The van der Waals surface area contributed by atoms with Crippen LogP contribution in [0.5, 0.6) is 0 Å². The lowest BCUT2D eigenvalue weighted by Gasteiger charge is -2.14. The summed E-state index contributed by atoms with van der Waals surface area (Å²) < 4.78 is -1.70. The van der Waals surface area contributed by atoms with Gasteiger partial charge in [0.15, 0.2) is 5.82 Å². The second-order valence-corrected chi connectivity index (χ2v) is 5.24. The molecule has 0 aliphatic heterocycles. The van der Waals surface area contributed by atoms with Gasteiger partial charge in [-0.15, -0.1) is 0 Å². The number of hydrogen-bond acceptors (Lipinski definition) is 4. The molecule has 0 saturated carbocycles. The SMILES string of the molecule is CN(C)c1nc(Cl)nc(C(Cl)(Cl)Cl)n1. The van der Waals surface area contributed by atoms with Crippen molar-refractivity contribution in [1.82, 2.24) is 15.0 Å². The van der Waals surface area contributed by atoms with E-state index in [0.29, 0.717) is 5.95 Å². The van der Waals surface area contributed by atoms with Gasteiger partial charge in [0, 0.05) is 14.1 Å². The summed E-state index contributed by atoms with van der Waals surface area (Å²) in [6.07, 6.45) is 0. The van der Waals surface area contributed by atoms with Crippen LogP contribution < -0.4 is 4.90 Å². The van der Waals surface area contributed by atoms with Crippen LogP contribution in [0.3, 0.4) is 0 Å². The monoisotopic (exact) mass is 274 g/mol. The third kappa shape index (κ3) is 2.98. The first-order chi connectivity index (χ1) is 6.30. The van der Waals surface area contributed by atoms with Gasteiger partial charge < -0.3 is 4.90 Å². The Labute approximate surface area is 101 Å². The van der Waals surface area contributed by atoms with Crippen molar-refractivity contribution in [2.75, 3.05) is 19.0 Å². The fourth-order valence-corrected chi connectivity index (χ4v) is 1.08. The van der Waals surface area contributed by atoms with E-state index in [0.717, 1.165) is 0 Å². The number of aromatic nitrogens is 3. The highest BCUT2D eigenvalue weighted by atomic mass is 35.6. The van der Waals surface area contributed by atoms with Crippen LogP contribution in [0, 0.1) is 0 Å². The van der Waals surface area contributed by atoms with Crippen molar-refractivity contribution in [3.8, 4) is 0 Å². The zero-order chi connectivity index (χ0) is 10.9. The van der Waals surface area contributed by atoms with E-state index < -0.39 is 3.79 Å². The number of halogens is 4. The van der Waals surface area contributed by atoms with E-state index in [1.807, 2.05) is 0 Å². The predicted molar refractivity (Wildman–Crippen MR) is 58.4 cm³/mol. The molecule has 1 heterocycles. The first-order valence-electron chi connectivity index (χ1n) is 3.47. The van der Waals surface area contributed by atoms with Crippen LogP contribution in [0.15, 0.2) is 0 Å². The molecule has 1 rings (SSSR count). The molecule has 0 aliphatic rings. The maximum absolute atomic E-state index is 5.64. The lowest BCUT2D eigenvalue weighted by Crippen LogP contribution is -2.17. The summed E-state index contributed by atoms with van der Waals surface area (Å²) in [7, 11) is 3.49. The van der Waals surface area contributed by atoms with Crippen molar-refractivity contribution in [2.45, 2.75) is 3.79 Å². The van der Waals surface area contributed by atoms with E-state index >= 15 is 0 Å². The normalized spacial score (nSPS) is 11.6. The Hall–Kier alpha value is -0.0300. The van der Waals surface area contributed by atoms with Crippen LogP contribution in [0.25, 0.3) is 0 Å². The Morgan fingerprint density at radius 3 is 2.07 bits per heavy atom. The molecule has 0 atom stereocenters. The summed E-state index contributed by atoms with van der Waals surface area (Å²) in [4.78, 5) is 13.1. The zero-order valence-corrected chi connectivity index (χ0v) is 10.3. The molecule has 0 fully saturated rings. The van der Waals surface area contributed by atoms with Crippen molar-refractivity contribution in [3.63, 3.8) is 0 Å². The first-order valence-corrected chi connectivity index (χ1v) is 4.98. The molecule has 1 aromatic rings. The molecule has 0 aliphatic carbocycles. The summed E-state index contributed by atoms with van der Waals surface area (Å²) in [6.45, 7) is 0. The number of anilines is 1. The Balaban J connectivity index is 3.21. The van der Waals surface area contributed by atoms with Gasteiger partial charge >= 0.3 is 0 Å². The zero-order valence-electron chi connectivity index (χ0n) is 7.30. The van der Waals surface area contributed by atoms with Gasteiger partial charge in [-0.25, -0.2) is 0 Å². The Kier molecular flexibility index (Phi) is 3.63. The Bertz CT molecular complexity index is 335. The van der Waals surface area contributed by atoms with Crippen molar-refractivity contribution in [1.29, 1.82) is 0 Å². The average molecular weight is 276 g/mol. The molecular weight excluding hydrogens is 270 g/mol. The van der Waals surface area contributed by atoms with Gasteiger partial charge in [-0.3, -0.25) is 0 Å². The number of hydrogen-bond donors (Lipinski definition) is 0. The summed E-state index contributed by atoms with van der Waals surface area (Å²) in [6, 6.07) is 0. The van der Waals surface area contributed by atoms with E-state index in [1.165, 1.54) is 0 Å². The van der Waals surface area contributed by atoms with E-state index in [-0.39, 0.29) is 11.1 Å². The highest BCUT2D eigenvalue weighted by Gasteiger charge is 2.28. The van der Waals surface area contributed by atoms with E-state index in [4.69, 9.17) is 46.4 Å². The number of alkyl halides is 3. The van der Waals surface area contributed by atoms with Crippen LogP contribution in [0.4, 0.5) is 5.95 Å². The van der Waals surface area contributed by atoms with Crippen LogP contribution in [0.1, 0.15) is 5.82 Å². The minimum Gasteiger partial charge on any atom is -0.347 e. The third-order valence-corrected chi connectivity index (χ3v) is 1.93. The second-order valence-electron chi connectivity index (χ2n) is 2.62. The van der Waals surface area contributed by atoms with Crippen molar-refractivity contribution >= 4 is 52.4 Å². The number of nitrogens with zero attached hydrogens (tertiary/aromatic N) is 4. The van der Waals surface area contributed by atoms with Crippen LogP contribution in [-0.4, -0.2) is 29.0 Å². The quantitative estimate of drug-likeness (QED) is 0.739. The minimum absolute atomic E-state index is 0.00574. The molecule has 0 N–H and O–H groups in total. The van der Waals surface area contributed by atoms with Crippen molar-refractivity contribution in [2.24, 2.45) is 0 Å². The van der Waals surface area contributed by atoms with E-state index in [9.17, 15) is 0 Å². The van der Waals surface area contributed by atoms with Crippen LogP contribution in [0.2, 0.25) is 5.28 Å². The topological polar surface area (TPSA) is 41.9 Å². The third-order valence-electron chi connectivity index (χ3n) is 1.25. The second kappa shape index (κ2) is 4.23. The minimum atomic E-state index is -1.70.